The third-order valence-corrected chi connectivity index (χ3v) is 11.4. The van der Waals surface area contributed by atoms with Gasteiger partial charge in [-0.25, -0.2) is 4.90 Å². The molecule has 6 nitrogen and oxygen atoms in total. The molecule has 0 atom stereocenters. The summed E-state index contributed by atoms with van der Waals surface area (Å²) in [6.07, 6.45) is 3.58. The van der Waals surface area contributed by atoms with Crippen LogP contribution in [0.2, 0.25) is 0 Å². The number of hydrogen-bond acceptors (Lipinski definition) is 4. The van der Waals surface area contributed by atoms with Crippen molar-refractivity contribution in [3.8, 4) is 61.6 Å². The topological polar surface area (TPSA) is 68.1 Å². The molecule has 7 aromatic carbocycles. The number of fused-ring (bicyclic) bond motifs is 4. The first-order valence-electron chi connectivity index (χ1n) is 19.9. The highest BCUT2D eigenvalue weighted by Crippen LogP contribution is 2.47. The van der Waals surface area contributed by atoms with E-state index in [0.717, 1.165) is 77.7 Å². The Bertz CT molecular complexity index is 3120. The Labute approximate surface area is 346 Å². The summed E-state index contributed by atoms with van der Waals surface area (Å²) in [6, 6.07) is 64.4. The summed E-state index contributed by atoms with van der Waals surface area (Å²) in [4.78, 5) is 41.4. The van der Waals surface area contributed by atoms with Gasteiger partial charge in [0.25, 0.3) is 11.8 Å². The summed E-state index contributed by atoms with van der Waals surface area (Å²) >= 11 is 0. The fourth-order valence-electron chi connectivity index (χ4n) is 8.67. The maximum absolute atomic E-state index is 15.6. The highest BCUT2D eigenvalue weighted by molar-refractivity contribution is 6.37. The van der Waals surface area contributed by atoms with Gasteiger partial charge < -0.3 is 4.57 Å². The van der Waals surface area contributed by atoms with E-state index in [0.29, 0.717) is 22.5 Å². The first kappa shape index (κ1) is 35.0. The van der Waals surface area contributed by atoms with Gasteiger partial charge in [0.2, 0.25) is 0 Å². The van der Waals surface area contributed by atoms with Crippen LogP contribution in [-0.4, -0.2) is 26.3 Å². The monoisotopic (exact) mass is 770 g/mol. The van der Waals surface area contributed by atoms with E-state index >= 15 is 9.59 Å². The predicted octanol–water partition coefficient (Wildman–Crippen LogP) is 12.7. The number of anilines is 1. The molecule has 0 radical (unpaired) electrons. The fourth-order valence-corrected chi connectivity index (χ4v) is 8.67. The lowest BCUT2D eigenvalue weighted by Crippen LogP contribution is -2.30. The van der Waals surface area contributed by atoms with E-state index in [2.05, 4.69) is 75.2 Å². The van der Waals surface area contributed by atoms with Gasteiger partial charge in [-0.2, -0.15) is 0 Å². The van der Waals surface area contributed by atoms with Crippen molar-refractivity contribution in [2.45, 2.75) is 0 Å². The first-order valence-corrected chi connectivity index (χ1v) is 19.9. The summed E-state index contributed by atoms with van der Waals surface area (Å²) in [6.45, 7) is 0. The molecule has 11 rings (SSSR count). The smallest absolute Gasteiger partial charge is 0.268 e. The largest absolute Gasteiger partial charge is 0.308 e. The van der Waals surface area contributed by atoms with Crippen LogP contribution in [0.5, 0.6) is 0 Å². The van der Waals surface area contributed by atoms with E-state index in [1.807, 2.05) is 127 Å². The number of hydrogen-bond donors (Lipinski definition) is 0. The van der Waals surface area contributed by atoms with Crippen LogP contribution >= 0.6 is 0 Å². The van der Waals surface area contributed by atoms with Crippen LogP contribution in [0.15, 0.2) is 207 Å². The van der Waals surface area contributed by atoms with Crippen LogP contribution in [-0.2, 0) is 0 Å². The zero-order valence-corrected chi connectivity index (χ0v) is 32.2. The zero-order valence-electron chi connectivity index (χ0n) is 32.2. The van der Waals surface area contributed by atoms with Gasteiger partial charge in [-0.3, -0.25) is 19.6 Å². The Balaban J connectivity index is 1.17. The molecule has 0 aliphatic carbocycles. The molecule has 10 aromatic rings. The van der Waals surface area contributed by atoms with E-state index in [1.54, 1.807) is 18.5 Å². The number of imide groups is 1. The van der Waals surface area contributed by atoms with Crippen molar-refractivity contribution in [1.29, 1.82) is 0 Å². The van der Waals surface area contributed by atoms with Gasteiger partial charge in [-0.1, -0.05) is 133 Å². The number of carbonyl (C=O) groups is 2. The van der Waals surface area contributed by atoms with Crippen molar-refractivity contribution >= 4 is 39.3 Å². The van der Waals surface area contributed by atoms with Crippen molar-refractivity contribution in [1.82, 2.24) is 14.5 Å². The molecule has 1 aliphatic heterocycles. The summed E-state index contributed by atoms with van der Waals surface area (Å²) in [7, 11) is 0. The van der Waals surface area contributed by atoms with Crippen LogP contribution in [0, 0.1) is 0 Å². The normalized spacial score (nSPS) is 12.4. The van der Waals surface area contributed by atoms with Crippen molar-refractivity contribution < 1.29 is 9.59 Å². The summed E-state index contributed by atoms with van der Waals surface area (Å²) in [5.41, 5.74) is 12.5. The molecule has 2 amide bonds. The van der Waals surface area contributed by atoms with Crippen LogP contribution in [0.1, 0.15) is 20.7 Å². The second-order valence-corrected chi connectivity index (χ2v) is 14.9. The standard InChI is InChI=1S/C54H34N4O2/c59-53-43-21-14-24-48(57-49-33-38(46-22-10-12-29-55-46)25-27-41(49)42-28-26-39(34-50(42)57)47-23-11-13-30-56-47)51(43)54(60)58(53)52-44(36-17-6-2-7-18-36)31-40(35-15-4-1-5-16-35)32-45(52)37-19-8-3-9-20-37/h1-34H. The summed E-state index contributed by atoms with van der Waals surface area (Å²) < 4.78 is 2.13. The van der Waals surface area contributed by atoms with E-state index in [9.17, 15) is 0 Å². The highest BCUT2D eigenvalue weighted by Gasteiger charge is 2.42. The number of aromatic nitrogens is 3. The minimum atomic E-state index is -0.385. The second-order valence-electron chi connectivity index (χ2n) is 14.9. The third-order valence-electron chi connectivity index (χ3n) is 11.4. The third kappa shape index (κ3) is 5.73. The molecule has 3 aromatic heterocycles. The Morgan fingerprint density at radius 3 is 1.37 bits per heavy atom. The van der Waals surface area contributed by atoms with Crippen molar-refractivity contribution in [2.24, 2.45) is 0 Å². The lowest BCUT2D eigenvalue weighted by Gasteiger charge is -2.24. The molecule has 6 heteroatoms. The number of amides is 2. The molecule has 4 heterocycles. The maximum atomic E-state index is 15.6. The van der Waals surface area contributed by atoms with Gasteiger partial charge in [0.15, 0.2) is 0 Å². The molecule has 0 fully saturated rings. The van der Waals surface area contributed by atoms with Crippen LogP contribution in [0.3, 0.4) is 0 Å². The molecule has 0 unspecified atom stereocenters. The van der Waals surface area contributed by atoms with E-state index in [-0.39, 0.29) is 11.8 Å². The van der Waals surface area contributed by atoms with E-state index < -0.39 is 0 Å². The lowest BCUT2D eigenvalue weighted by atomic mass is 9.90. The van der Waals surface area contributed by atoms with Crippen LogP contribution < -0.4 is 4.90 Å². The number of carbonyl (C=O) groups excluding carboxylic acids is 2. The maximum Gasteiger partial charge on any atom is 0.268 e. The fraction of sp³-hybridized carbons (Fsp3) is 0. The van der Waals surface area contributed by atoms with Crippen molar-refractivity contribution in [3.63, 3.8) is 0 Å². The van der Waals surface area contributed by atoms with Gasteiger partial charge in [-0.05, 0) is 82.9 Å². The van der Waals surface area contributed by atoms with Gasteiger partial charge in [0, 0.05) is 45.4 Å². The predicted molar refractivity (Wildman–Crippen MR) is 241 cm³/mol. The SMILES string of the molecule is O=C1c2cccc(-n3c4cc(-c5ccccn5)ccc4c4ccc(-c5ccccn5)cc43)c2C(=O)N1c1c(-c2ccccc2)cc(-c2ccccc2)cc1-c1ccccc1. The minimum Gasteiger partial charge on any atom is -0.308 e. The Morgan fingerprint density at radius 2 is 0.867 bits per heavy atom. The van der Waals surface area contributed by atoms with Gasteiger partial charge in [-0.15, -0.1) is 0 Å². The Morgan fingerprint density at radius 1 is 0.367 bits per heavy atom. The number of pyridine rings is 2. The molecular weight excluding hydrogens is 737 g/mol. The molecule has 0 N–H and O–H groups in total. The molecule has 282 valence electrons. The van der Waals surface area contributed by atoms with E-state index in [1.165, 1.54) is 4.90 Å². The van der Waals surface area contributed by atoms with Gasteiger partial charge in [0.1, 0.15) is 0 Å². The lowest BCUT2D eigenvalue weighted by molar-refractivity contribution is 0.0926. The minimum absolute atomic E-state index is 0.345. The molecule has 0 saturated carbocycles. The molecule has 1 aliphatic rings. The second kappa shape index (κ2) is 14.3. The summed E-state index contributed by atoms with van der Waals surface area (Å²) in [5, 5.41) is 2.02. The average molecular weight is 771 g/mol. The number of benzene rings is 7. The van der Waals surface area contributed by atoms with Gasteiger partial charge >= 0.3 is 0 Å². The molecule has 0 spiro atoms. The first-order chi connectivity index (χ1) is 29.6. The molecule has 60 heavy (non-hydrogen) atoms. The molecule has 0 bridgehead atoms. The Hall–Kier alpha value is -8.22. The van der Waals surface area contributed by atoms with Crippen molar-refractivity contribution in [3.05, 3.63) is 218 Å². The number of rotatable bonds is 7. The Kier molecular flexibility index (Phi) is 8.34. The molecule has 0 saturated heterocycles. The molecular formula is C54H34N4O2. The van der Waals surface area contributed by atoms with Crippen molar-refractivity contribution in [2.75, 3.05) is 4.90 Å². The van der Waals surface area contributed by atoms with Gasteiger partial charge in [0.05, 0.1) is 44.9 Å². The zero-order chi connectivity index (χ0) is 40.2. The van der Waals surface area contributed by atoms with E-state index in [4.69, 9.17) is 0 Å². The quantitative estimate of drug-likeness (QED) is 0.151. The highest BCUT2D eigenvalue weighted by atomic mass is 16.2. The van der Waals surface area contributed by atoms with Crippen LogP contribution in [0.4, 0.5) is 5.69 Å². The number of nitrogens with zero attached hydrogens (tertiary/aromatic N) is 4. The summed E-state index contributed by atoms with van der Waals surface area (Å²) in [5.74, 6) is -0.757. The average Bonchev–Trinajstić information content (AvgIpc) is 3.78. The van der Waals surface area contributed by atoms with Crippen LogP contribution in [0.25, 0.3) is 83.4 Å².